The first-order valence-electron chi connectivity index (χ1n) is 7.30. The quantitative estimate of drug-likeness (QED) is 0.589. The van der Waals surface area contributed by atoms with Crippen molar-refractivity contribution in [1.82, 2.24) is 14.6 Å². The first-order valence-corrected chi connectivity index (χ1v) is 7.67. The fourth-order valence-corrected chi connectivity index (χ4v) is 2.60. The first-order chi connectivity index (χ1) is 11.1. The van der Waals surface area contributed by atoms with Crippen LogP contribution in [0.3, 0.4) is 0 Å². The Morgan fingerprint density at radius 1 is 1.08 bits per heavy atom. The second-order valence-corrected chi connectivity index (χ2v) is 7.01. The van der Waals surface area contributed by atoms with E-state index in [2.05, 4.69) is 10.1 Å². The molecule has 0 bridgehead atoms. The highest BCUT2D eigenvalue weighted by atomic mass is 35.5. The lowest BCUT2D eigenvalue weighted by atomic mass is 9.91. The van der Waals surface area contributed by atoms with E-state index in [-0.39, 0.29) is 5.65 Å². The third-order valence-electron chi connectivity index (χ3n) is 3.67. The summed E-state index contributed by atoms with van der Waals surface area (Å²) in [5, 5.41) is 4.40. The normalized spacial score (nSPS) is 12.8. The summed E-state index contributed by atoms with van der Waals surface area (Å²) in [7, 11) is 0. The van der Waals surface area contributed by atoms with Crippen molar-refractivity contribution in [1.29, 1.82) is 0 Å². The first kappa shape index (κ1) is 16.8. The molecule has 0 aliphatic rings. The Kier molecular flexibility index (Phi) is 3.83. The summed E-state index contributed by atoms with van der Waals surface area (Å²) in [6.45, 7) is 5.46. The molecular weight excluding hydrogens is 339 g/mol. The number of halogens is 4. The second kappa shape index (κ2) is 5.48. The zero-order valence-electron chi connectivity index (χ0n) is 13.3. The van der Waals surface area contributed by atoms with E-state index in [4.69, 9.17) is 11.6 Å². The Hall–Kier alpha value is -2.08. The number of alkyl halides is 3. The van der Waals surface area contributed by atoms with E-state index >= 15 is 0 Å². The van der Waals surface area contributed by atoms with Crippen LogP contribution in [0, 0.1) is 0 Å². The summed E-state index contributed by atoms with van der Waals surface area (Å²) in [4.78, 5) is 4.44. The predicted molar refractivity (Wildman–Crippen MR) is 87.1 cm³/mol. The highest BCUT2D eigenvalue weighted by Gasteiger charge is 2.36. The van der Waals surface area contributed by atoms with E-state index < -0.39 is 17.3 Å². The fourth-order valence-electron chi connectivity index (χ4n) is 2.41. The van der Waals surface area contributed by atoms with E-state index in [9.17, 15) is 13.2 Å². The lowest BCUT2D eigenvalue weighted by Crippen LogP contribution is -2.20. The summed E-state index contributed by atoms with van der Waals surface area (Å²) in [6.07, 6.45) is -3.14. The van der Waals surface area contributed by atoms with Crippen LogP contribution in [0.1, 0.15) is 32.2 Å². The van der Waals surface area contributed by atoms with Gasteiger partial charge in [-0.15, -0.1) is 0 Å². The molecule has 3 nitrogen and oxygen atoms in total. The van der Waals surface area contributed by atoms with E-state index in [0.29, 0.717) is 21.8 Å². The molecule has 0 atom stereocenters. The molecule has 7 heteroatoms. The number of nitrogens with zero attached hydrogens (tertiary/aromatic N) is 3. The molecule has 0 saturated carbocycles. The molecule has 0 N–H and O–H groups in total. The summed E-state index contributed by atoms with van der Waals surface area (Å²) >= 11 is 5.99. The van der Waals surface area contributed by atoms with Gasteiger partial charge in [-0.2, -0.15) is 18.3 Å². The van der Waals surface area contributed by atoms with Gasteiger partial charge in [-0.25, -0.2) is 9.50 Å². The Morgan fingerprint density at radius 3 is 2.38 bits per heavy atom. The van der Waals surface area contributed by atoms with Gasteiger partial charge in [-0.3, -0.25) is 0 Å². The van der Waals surface area contributed by atoms with Gasteiger partial charge in [0.2, 0.25) is 0 Å². The predicted octanol–water partition coefficient (Wildman–Crippen LogP) is 5.37. The Balaban J connectivity index is 2.35. The smallest absolute Gasteiger partial charge is 0.232 e. The fraction of sp³-hybridized carbons (Fsp3) is 0.294. The number of benzene rings is 1. The number of hydrogen-bond donors (Lipinski definition) is 0. The molecule has 2 aromatic heterocycles. The van der Waals surface area contributed by atoms with Crippen LogP contribution in [0.25, 0.3) is 16.8 Å². The molecule has 1 aromatic carbocycles. The molecule has 0 fully saturated rings. The van der Waals surface area contributed by atoms with Crippen LogP contribution >= 0.6 is 11.6 Å². The molecule has 3 rings (SSSR count). The number of hydrogen-bond acceptors (Lipinski definition) is 2. The molecule has 0 saturated heterocycles. The van der Waals surface area contributed by atoms with Crippen molar-refractivity contribution >= 4 is 17.2 Å². The molecule has 0 amide bonds. The second-order valence-electron chi connectivity index (χ2n) is 6.58. The van der Waals surface area contributed by atoms with Crippen LogP contribution in [0.2, 0.25) is 5.02 Å². The lowest BCUT2D eigenvalue weighted by Gasteiger charge is -2.20. The van der Waals surface area contributed by atoms with Crippen molar-refractivity contribution in [3.8, 4) is 11.1 Å². The van der Waals surface area contributed by atoms with E-state index in [1.165, 1.54) is 6.20 Å². The molecule has 0 unspecified atom stereocenters. The summed E-state index contributed by atoms with van der Waals surface area (Å²) in [5.41, 5.74) is 0.324. The maximum Gasteiger partial charge on any atom is 0.433 e. The van der Waals surface area contributed by atoms with Crippen molar-refractivity contribution < 1.29 is 13.2 Å². The van der Waals surface area contributed by atoms with Crippen LogP contribution in [-0.2, 0) is 11.6 Å². The third kappa shape index (κ3) is 2.98. The van der Waals surface area contributed by atoms with Gasteiger partial charge in [-0.05, 0) is 23.8 Å². The highest BCUT2D eigenvalue weighted by Crippen LogP contribution is 2.35. The maximum atomic E-state index is 13.5. The van der Waals surface area contributed by atoms with Gasteiger partial charge in [0, 0.05) is 16.0 Å². The summed E-state index contributed by atoms with van der Waals surface area (Å²) < 4.78 is 41.2. The maximum absolute atomic E-state index is 13.5. The number of rotatable bonds is 1. The van der Waals surface area contributed by atoms with Gasteiger partial charge in [0.1, 0.15) is 5.69 Å². The van der Waals surface area contributed by atoms with Crippen molar-refractivity contribution in [3.05, 3.63) is 52.9 Å². The molecule has 2 heterocycles. The average molecular weight is 354 g/mol. The van der Waals surface area contributed by atoms with Crippen molar-refractivity contribution in [2.45, 2.75) is 32.4 Å². The standard InChI is InChI=1S/C17H15ClF3N3/c1-16(2,3)13-8-14(17(19,20)21)24-15(23-13)12(9-22-24)10-5-4-6-11(18)7-10/h4-9H,1-3H3. The van der Waals surface area contributed by atoms with Gasteiger partial charge >= 0.3 is 6.18 Å². The minimum Gasteiger partial charge on any atom is -0.232 e. The largest absolute Gasteiger partial charge is 0.433 e. The summed E-state index contributed by atoms with van der Waals surface area (Å²) in [5.74, 6) is 0. The molecule has 0 aliphatic carbocycles. The molecule has 24 heavy (non-hydrogen) atoms. The molecule has 0 radical (unpaired) electrons. The Bertz CT molecular complexity index is 908. The van der Waals surface area contributed by atoms with Crippen molar-refractivity contribution in [2.24, 2.45) is 0 Å². The zero-order chi connectivity index (χ0) is 17.7. The topological polar surface area (TPSA) is 30.2 Å². The van der Waals surface area contributed by atoms with Gasteiger partial charge < -0.3 is 0 Å². The van der Waals surface area contributed by atoms with Crippen molar-refractivity contribution in [3.63, 3.8) is 0 Å². The number of aromatic nitrogens is 3. The van der Waals surface area contributed by atoms with Gasteiger partial charge in [0.05, 0.1) is 11.9 Å². The van der Waals surface area contributed by atoms with E-state index in [1.807, 2.05) is 20.8 Å². The monoisotopic (exact) mass is 353 g/mol. The molecular formula is C17H15ClF3N3. The lowest BCUT2D eigenvalue weighted by molar-refractivity contribution is -0.142. The van der Waals surface area contributed by atoms with Crippen LogP contribution in [0.5, 0.6) is 0 Å². The van der Waals surface area contributed by atoms with Crippen LogP contribution < -0.4 is 0 Å². The van der Waals surface area contributed by atoms with Gasteiger partial charge in [0.15, 0.2) is 5.65 Å². The minimum absolute atomic E-state index is 0.164. The number of fused-ring (bicyclic) bond motifs is 1. The van der Waals surface area contributed by atoms with Crippen LogP contribution in [0.15, 0.2) is 36.5 Å². The molecule has 0 aliphatic heterocycles. The van der Waals surface area contributed by atoms with Crippen LogP contribution in [0.4, 0.5) is 13.2 Å². The average Bonchev–Trinajstić information content (AvgIpc) is 2.87. The Labute approximate surface area is 142 Å². The van der Waals surface area contributed by atoms with Crippen molar-refractivity contribution in [2.75, 3.05) is 0 Å². The van der Waals surface area contributed by atoms with Gasteiger partial charge in [0.25, 0.3) is 0 Å². The van der Waals surface area contributed by atoms with Crippen LogP contribution in [-0.4, -0.2) is 14.6 Å². The third-order valence-corrected chi connectivity index (χ3v) is 3.90. The highest BCUT2D eigenvalue weighted by molar-refractivity contribution is 6.30. The van der Waals surface area contributed by atoms with Gasteiger partial charge in [-0.1, -0.05) is 44.5 Å². The molecule has 0 spiro atoms. The Morgan fingerprint density at radius 2 is 1.79 bits per heavy atom. The summed E-state index contributed by atoms with van der Waals surface area (Å²) in [6, 6.07) is 7.94. The van der Waals surface area contributed by atoms with E-state index in [0.717, 1.165) is 10.6 Å². The molecule has 3 aromatic rings. The minimum atomic E-state index is -4.53. The molecule has 126 valence electrons. The zero-order valence-corrected chi connectivity index (χ0v) is 14.1. The SMILES string of the molecule is CC(C)(C)c1cc(C(F)(F)F)n2ncc(-c3cccc(Cl)c3)c2n1. The van der Waals surface area contributed by atoms with E-state index in [1.54, 1.807) is 24.3 Å².